The number of carbonyl (C=O) groups excluding carboxylic acids is 1. The fraction of sp³-hybridized carbons (Fsp3) is 0.154. The molecule has 0 unspecified atom stereocenters. The molecule has 0 bridgehead atoms. The van der Waals surface area contributed by atoms with Crippen molar-refractivity contribution in [3.63, 3.8) is 0 Å². The van der Waals surface area contributed by atoms with Crippen molar-refractivity contribution in [1.29, 1.82) is 5.26 Å². The topological polar surface area (TPSA) is 106 Å². The number of hydrogen-bond acceptors (Lipinski definition) is 7. The maximum absolute atomic E-state index is 12.7. The maximum atomic E-state index is 12.7. The van der Waals surface area contributed by atoms with E-state index in [9.17, 15) is 9.59 Å². The number of hydrogen-bond donors (Lipinski definition) is 1. The van der Waals surface area contributed by atoms with Crippen molar-refractivity contribution in [2.75, 3.05) is 6.61 Å². The van der Waals surface area contributed by atoms with Crippen LogP contribution < -0.4 is 11.0 Å². The highest BCUT2D eigenvalue weighted by Crippen LogP contribution is 2.43. The number of carbonyl (C=O) groups is 1. The Hall–Kier alpha value is -4.48. The monoisotopic (exact) mass is 452 g/mol. The normalized spacial score (nSPS) is 15.7. The number of ether oxygens (including phenoxy) is 1. The lowest BCUT2D eigenvalue weighted by Crippen LogP contribution is -2.27. The summed E-state index contributed by atoms with van der Waals surface area (Å²) in [4.78, 5) is 34.9. The van der Waals surface area contributed by atoms with Crippen LogP contribution in [0.5, 0.6) is 0 Å². The number of nitriles is 1. The number of hydroxylamine groups is 1. The molecule has 0 fully saturated rings. The summed E-state index contributed by atoms with van der Waals surface area (Å²) in [5.41, 5.74) is 7.11. The van der Waals surface area contributed by atoms with Crippen LogP contribution in [0, 0.1) is 11.3 Å². The number of para-hydroxylation sites is 1. The van der Waals surface area contributed by atoms with Gasteiger partial charge in [-0.25, -0.2) is 9.78 Å². The average molecular weight is 452 g/mol. The van der Waals surface area contributed by atoms with Crippen LogP contribution in [-0.4, -0.2) is 22.1 Å². The average Bonchev–Trinajstić information content (AvgIpc) is 3.19. The second-order valence-corrected chi connectivity index (χ2v) is 7.79. The summed E-state index contributed by atoms with van der Waals surface area (Å²) in [6.07, 6.45) is 8.12. The standard InChI is InChI=1S/C26H20N4O4/c27-13-14-30-23(28-22-12-6-5-11-21(22)26(30)32)15-33-24(31)16-34-29-25-19-9-3-1-7-17(19)18-8-2-4-10-20(18)25/h1-12,17,29H,14-16H2/t17-/m1/s1. The van der Waals surface area contributed by atoms with Crippen molar-refractivity contribution in [2.45, 2.75) is 19.1 Å². The molecule has 1 aromatic heterocycles. The molecule has 0 saturated heterocycles. The summed E-state index contributed by atoms with van der Waals surface area (Å²) in [7, 11) is 0. The molecule has 0 aliphatic heterocycles. The van der Waals surface area contributed by atoms with E-state index in [0.717, 1.165) is 16.8 Å². The first kappa shape index (κ1) is 21.4. The largest absolute Gasteiger partial charge is 0.456 e. The number of nitrogens with zero attached hydrogens (tertiary/aromatic N) is 3. The number of fused-ring (bicyclic) bond motifs is 4. The number of aromatic nitrogens is 2. The van der Waals surface area contributed by atoms with Gasteiger partial charge in [-0.15, -0.1) is 0 Å². The molecule has 0 spiro atoms. The zero-order valence-electron chi connectivity index (χ0n) is 18.1. The fourth-order valence-corrected chi connectivity index (χ4v) is 4.23. The number of benzene rings is 2. The second kappa shape index (κ2) is 9.17. The third kappa shape index (κ3) is 3.89. The molecule has 168 valence electrons. The van der Waals surface area contributed by atoms with E-state index >= 15 is 0 Å². The van der Waals surface area contributed by atoms with Gasteiger partial charge < -0.3 is 4.74 Å². The highest BCUT2D eigenvalue weighted by Gasteiger charge is 2.29. The molecule has 0 radical (unpaired) electrons. The zero-order chi connectivity index (χ0) is 23.5. The van der Waals surface area contributed by atoms with Gasteiger partial charge in [0.1, 0.15) is 13.2 Å². The molecule has 2 aromatic carbocycles. The zero-order valence-corrected chi connectivity index (χ0v) is 18.1. The maximum Gasteiger partial charge on any atom is 0.335 e. The Labute approximate surface area is 195 Å². The van der Waals surface area contributed by atoms with Gasteiger partial charge in [-0.05, 0) is 23.3 Å². The molecule has 0 amide bonds. The van der Waals surface area contributed by atoms with E-state index in [2.05, 4.69) is 22.6 Å². The first-order valence-electron chi connectivity index (χ1n) is 10.7. The van der Waals surface area contributed by atoms with E-state index in [1.54, 1.807) is 24.3 Å². The quantitative estimate of drug-likeness (QED) is 0.434. The molecule has 5 rings (SSSR count). The van der Waals surface area contributed by atoms with E-state index in [0.29, 0.717) is 10.9 Å². The lowest BCUT2D eigenvalue weighted by atomic mass is 9.92. The van der Waals surface area contributed by atoms with Crippen molar-refractivity contribution in [1.82, 2.24) is 15.0 Å². The fourth-order valence-electron chi connectivity index (χ4n) is 4.23. The van der Waals surface area contributed by atoms with Crippen LogP contribution in [0.15, 0.2) is 83.2 Å². The van der Waals surface area contributed by atoms with Crippen molar-refractivity contribution >= 4 is 22.6 Å². The molecule has 8 nitrogen and oxygen atoms in total. The van der Waals surface area contributed by atoms with Crippen LogP contribution in [0.2, 0.25) is 0 Å². The molecular weight excluding hydrogens is 432 g/mol. The lowest BCUT2D eigenvalue weighted by molar-refractivity contribution is -0.152. The van der Waals surface area contributed by atoms with Crippen LogP contribution in [0.25, 0.3) is 16.6 Å². The molecule has 8 heteroatoms. The van der Waals surface area contributed by atoms with E-state index < -0.39 is 5.97 Å². The van der Waals surface area contributed by atoms with Gasteiger partial charge >= 0.3 is 5.97 Å². The first-order chi connectivity index (χ1) is 16.7. The van der Waals surface area contributed by atoms with E-state index in [-0.39, 0.29) is 37.1 Å². The Bertz CT molecular complexity index is 1480. The Morgan fingerprint density at radius 2 is 1.97 bits per heavy atom. The van der Waals surface area contributed by atoms with Gasteiger partial charge in [-0.3, -0.25) is 19.7 Å². The van der Waals surface area contributed by atoms with Crippen molar-refractivity contribution < 1.29 is 14.4 Å². The van der Waals surface area contributed by atoms with E-state index in [1.807, 2.05) is 42.5 Å². The highest BCUT2D eigenvalue weighted by atomic mass is 16.7. The van der Waals surface area contributed by atoms with Gasteiger partial charge in [-0.2, -0.15) is 5.26 Å². The molecule has 2 aliphatic rings. The number of nitrogens with one attached hydrogen (secondary N) is 1. The van der Waals surface area contributed by atoms with Crippen LogP contribution in [0.4, 0.5) is 0 Å². The minimum atomic E-state index is -0.633. The Kier molecular flexibility index (Phi) is 5.77. The van der Waals surface area contributed by atoms with E-state index in [1.165, 1.54) is 10.1 Å². The molecule has 34 heavy (non-hydrogen) atoms. The first-order valence-corrected chi connectivity index (χ1v) is 10.7. The van der Waals surface area contributed by atoms with Gasteiger partial charge in [-0.1, -0.05) is 60.7 Å². The Morgan fingerprint density at radius 3 is 2.85 bits per heavy atom. The summed E-state index contributed by atoms with van der Waals surface area (Å²) in [5.74, 6) is -0.288. The molecular formula is C26H20N4O4. The smallest absolute Gasteiger partial charge is 0.335 e. The lowest BCUT2D eigenvalue weighted by Gasteiger charge is -2.13. The van der Waals surface area contributed by atoms with Gasteiger partial charge in [0.15, 0.2) is 12.4 Å². The minimum Gasteiger partial charge on any atom is -0.456 e. The van der Waals surface area contributed by atoms with Gasteiger partial charge in [0.2, 0.25) is 0 Å². The summed E-state index contributed by atoms with van der Waals surface area (Å²) in [5, 5.41) is 9.50. The van der Waals surface area contributed by atoms with Crippen molar-refractivity contribution in [2.24, 2.45) is 0 Å². The van der Waals surface area contributed by atoms with Crippen LogP contribution in [0.3, 0.4) is 0 Å². The molecule has 2 aliphatic carbocycles. The number of rotatable bonds is 7. The molecule has 1 heterocycles. The Morgan fingerprint density at radius 1 is 1.15 bits per heavy atom. The molecule has 0 saturated carbocycles. The SMILES string of the molecule is N#CCn1c(COC(=O)CONC2=C3C=CC=C[C@@H]3c3ccccc32)nc2ccccc2c1=O. The summed E-state index contributed by atoms with van der Waals surface area (Å²) in [6.45, 7) is -0.795. The van der Waals surface area contributed by atoms with Gasteiger partial charge in [0.05, 0.1) is 22.7 Å². The Balaban J connectivity index is 1.25. The summed E-state index contributed by atoms with van der Waals surface area (Å²) in [6, 6.07) is 16.8. The van der Waals surface area contributed by atoms with Crippen LogP contribution in [-0.2, 0) is 27.5 Å². The van der Waals surface area contributed by atoms with Crippen LogP contribution in [0.1, 0.15) is 22.9 Å². The van der Waals surface area contributed by atoms with Gasteiger partial charge in [0.25, 0.3) is 5.56 Å². The highest BCUT2D eigenvalue weighted by molar-refractivity contribution is 5.81. The number of allylic oxidation sites excluding steroid dienone is 5. The second-order valence-electron chi connectivity index (χ2n) is 7.79. The number of esters is 1. The minimum absolute atomic E-state index is 0.148. The van der Waals surface area contributed by atoms with Crippen molar-refractivity contribution in [3.8, 4) is 6.07 Å². The summed E-state index contributed by atoms with van der Waals surface area (Å²) < 4.78 is 6.49. The van der Waals surface area contributed by atoms with Crippen LogP contribution >= 0.6 is 0 Å². The predicted molar refractivity (Wildman–Crippen MR) is 125 cm³/mol. The van der Waals surface area contributed by atoms with Gasteiger partial charge in [0, 0.05) is 11.5 Å². The third-order valence-electron chi connectivity index (χ3n) is 5.78. The van der Waals surface area contributed by atoms with E-state index in [4.69, 9.17) is 14.8 Å². The molecule has 1 N–H and O–H groups in total. The molecule has 3 aromatic rings. The van der Waals surface area contributed by atoms with Crippen molar-refractivity contribution in [3.05, 3.63) is 106 Å². The predicted octanol–water partition coefficient (Wildman–Crippen LogP) is 3.12. The summed E-state index contributed by atoms with van der Waals surface area (Å²) >= 11 is 0. The third-order valence-corrected chi connectivity index (χ3v) is 5.78. The molecule has 1 atom stereocenters.